The van der Waals surface area contributed by atoms with E-state index in [0.717, 1.165) is 16.0 Å². The minimum absolute atomic E-state index is 0.182. The molecule has 1 fully saturated rings. The molecule has 1 N–H and O–H groups in total. The highest BCUT2D eigenvalue weighted by molar-refractivity contribution is 7.99. The SMILES string of the molecule is CCS[C@@H]1O[C@H](COCc2ccccc2)[C@@H](OCc2ccccc2)[C@H](O)[C@H]1N1C(=O)c2ccccc2C1=O. The Bertz CT molecular complexity index is 1200. The highest BCUT2D eigenvalue weighted by Crippen LogP contribution is 2.37. The molecule has 2 aliphatic rings. The van der Waals surface area contributed by atoms with Crippen LogP contribution in [0.1, 0.15) is 38.8 Å². The first kappa shape index (κ1) is 26.6. The largest absolute Gasteiger partial charge is 0.388 e. The number of carbonyl (C=O) groups is 2. The number of benzene rings is 3. The van der Waals surface area contributed by atoms with Gasteiger partial charge in [-0.2, -0.15) is 0 Å². The number of hydrogen-bond donors (Lipinski definition) is 1. The highest BCUT2D eigenvalue weighted by Gasteiger charge is 2.53. The van der Waals surface area contributed by atoms with Gasteiger partial charge in [0.25, 0.3) is 11.8 Å². The molecule has 5 atom stereocenters. The number of carbonyl (C=O) groups excluding carboxylic acids is 2. The minimum atomic E-state index is -1.18. The van der Waals surface area contributed by atoms with E-state index in [2.05, 4.69) is 0 Å². The lowest BCUT2D eigenvalue weighted by Gasteiger charge is -2.46. The molecule has 2 heterocycles. The maximum absolute atomic E-state index is 13.4. The standard InChI is InChI=1S/C30H31NO6S/c1-2-38-30-25(31-28(33)22-15-9-10-16-23(22)29(31)34)26(32)27(36-18-21-13-7-4-8-14-21)24(37-30)19-35-17-20-11-5-3-6-12-20/h3-16,24-27,30,32H,2,17-19H2,1H3/t24-,25-,26-,27-,30+/m1/s1. The van der Waals surface area contributed by atoms with Gasteiger partial charge < -0.3 is 19.3 Å². The fraction of sp³-hybridized carbons (Fsp3) is 0.333. The third-order valence-electron chi connectivity index (χ3n) is 6.77. The maximum Gasteiger partial charge on any atom is 0.262 e. The molecule has 0 bridgehead atoms. The summed E-state index contributed by atoms with van der Waals surface area (Å²) in [5.41, 5.74) is 1.99. The van der Waals surface area contributed by atoms with Crippen molar-refractivity contribution in [3.05, 3.63) is 107 Å². The van der Waals surface area contributed by atoms with Gasteiger partial charge in [0, 0.05) is 0 Å². The average Bonchev–Trinajstić information content (AvgIpc) is 3.19. The van der Waals surface area contributed by atoms with E-state index in [9.17, 15) is 14.7 Å². The molecule has 0 aliphatic carbocycles. The molecule has 0 radical (unpaired) electrons. The summed E-state index contributed by atoms with van der Waals surface area (Å²) in [5.74, 6) is -0.189. The van der Waals surface area contributed by atoms with E-state index in [0.29, 0.717) is 23.5 Å². The van der Waals surface area contributed by atoms with E-state index in [-0.39, 0.29) is 13.2 Å². The van der Waals surface area contributed by atoms with Gasteiger partial charge in [0.1, 0.15) is 29.8 Å². The monoisotopic (exact) mass is 533 g/mol. The second-order valence-electron chi connectivity index (χ2n) is 9.27. The van der Waals surface area contributed by atoms with Crippen LogP contribution >= 0.6 is 11.8 Å². The number of fused-ring (bicyclic) bond motifs is 1. The Labute approximate surface area is 226 Å². The van der Waals surface area contributed by atoms with Crippen molar-refractivity contribution in [2.75, 3.05) is 12.4 Å². The van der Waals surface area contributed by atoms with Crippen molar-refractivity contribution in [3.8, 4) is 0 Å². The van der Waals surface area contributed by atoms with Gasteiger partial charge in [-0.05, 0) is 29.0 Å². The fourth-order valence-corrected chi connectivity index (χ4v) is 5.96. The zero-order chi connectivity index (χ0) is 26.5. The quantitative estimate of drug-likeness (QED) is 0.389. The molecular weight excluding hydrogens is 502 g/mol. The van der Waals surface area contributed by atoms with Crippen LogP contribution in [0.25, 0.3) is 0 Å². The summed E-state index contributed by atoms with van der Waals surface area (Å²) in [5, 5.41) is 11.7. The van der Waals surface area contributed by atoms with Crippen molar-refractivity contribution >= 4 is 23.6 Å². The molecule has 0 aromatic heterocycles. The van der Waals surface area contributed by atoms with Gasteiger partial charge in [-0.25, -0.2) is 0 Å². The Kier molecular flexibility index (Phi) is 8.56. The summed E-state index contributed by atoms with van der Waals surface area (Å²) in [6.07, 6.45) is -2.61. The molecule has 3 aromatic rings. The first-order valence-electron chi connectivity index (χ1n) is 12.8. The molecule has 2 amide bonds. The Morgan fingerprint density at radius 3 is 1.97 bits per heavy atom. The minimum Gasteiger partial charge on any atom is -0.388 e. The third kappa shape index (κ3) is 5.55. The third-order valence-corrected chi connectivity index (χ3v) is 7.83. The van der Waals surface area contributed by atoms with E-state index in [1.54, 1.807) is 24.3 Å². The Morgan fingerprint density at radius 2 is 1.39 bits per heavy atom. The van der Waals surface area contributed by atoms with Gasteiger partial charge in [0.2, 0.25) is 0 Å². The van der Waals surface area contributed by atoms with Crippen molar-refractivity contribution in [3.63, 3.8) is 0 Å². The predicted molar refractivity (Wildman–Crippen MR) is 145 cm³/mol. The zero-order valence-electron chi connectivity index (χ0n) is 21.1. The van der Waals surface area contributed by atoms with Crippen molar-refractivity contribution in [1.29, 1.82) is 0 Å². The highest BCUT2D eigenvalue weighted by atomic mass is 32.2. The van der Waals surface area contributed by atoms with E-state index in [1.165, 1.54) is 11.8 Å². The van der Waals surface area contributed by atoms with E-state index >= 15 is 0 Å². The lowest BCUT2D eigenvalue weighted by molar-refractivity contribution is -0.208. The lowest BCUT2D eigenvalue weighted by Crippen LogP contribution is -2.65. The van der Waals surface area contributed by atoms with Gasteiger partial charge in [0.15, 0.2) is 0 Å². The summed E-state index contributed by atoms with van der Waals surface area (Å²) < 4.78 is 18.7. The molecular formula is C30H31NO6S. The van der Waals surface area contributed by atoms with Gasteiger partial charge >= 0.3 is 0 Å². The number of ether oxygens (including phenoxy) is 3. The number of imide groups is 1. The van der Waals surface area contributed by atoms with Crippen LogP contribution < -0.4 is 0 Å². The summed E-state index contributed by atoms with van der Waals surface area (Å²) >= 11 is 1.44. The Morgan fingerprint density at radius 1 is 0.842 bits per heavy atom. The molecule has 7 nitrogen and oxygen atoms in total. The molecule has 0 saturated carbocycles. The topological polar surface area (TPSA) is 85.3 Å². The van der Waals surface area contributed by atoms with Crippen LogP contribution in [-0.2, 0) is 27.4 Å². The molecule has 2 aliphatic heterocycles. The number of hydrogen-bond acceptors (Lipinski definition) is 7. The van der Waals surface area contributed by atoms with Gasteiger partial charge in [0.05, 0.1) is 30.9 Å². The van der Waals surface area contributed by atoms with E-state index in [4.69, 9.17) is 14.2 Å². The van der Waals surface area contributed by atoms with Crippen LogP contribution in [0.5, 0.6) is 0 Å². The smallest absolute Gasteiger partial charge is 0.262 e. The van der Waals surface area contributed by atoms with E-state index < -0.39 is 41.6 Å². The molecule has 8 heteroatoms. The summed E-state index contributed by atoms with van der Waals surface area (Å²) in [6, 6.07) is 25.3. The first-order chi connectivity index (χ1) is 18.6. The Hall–Kier alpha value is -3.01. The lowest BCUT2D eigenvalue weighted by atomic mass is 9.96. The molecule has 1 saturated heterocycles. The van der Waals surface area contributed by atoms with Crippen molar-refractivity contribution in [2.24, 2.45) is 0 Å². The van der Waals surface area contributed by atoms with Crippen LogP contribution in [0.15, 0.2) is 84.9 Å². The fourth-order valence-electron chi connectivity index (χ4n) is 4.93. The number of nitrogens with zero attached hydrogens (tertiary/aromatic N) is 1. The molecule has 0 spiro atoms. The maximum atomic E-state index is 13.4. The molecule has 198 valence electrons. The molecule has 3 aromatic carbocycles. The summed E-state index contributed by atoms with van der Waals surface area (Å²) in [7, 11) is 0. The van der Waals surface area contributed by atoms with Gasteiger partial charge in [-0.3, -0.25) is 14.5 Å². The normalized spacial score (nSPS) is 25.0. The number of rotatable bonds is 10. The van der Waals surface area contributed by atoms with Crippen LogP contribution in [0.4, 0.5) is 0 Å². The Balaban J connectivity index is 1.40. The number of thioether (sulfide) groups is 1. The molecule has 38 heavy (non-hydrogen) atoms. The second-order valence-corrected chi connectivity index (χ2v) is 10.6. The van der Waals surface area contributed by atoms with Crippen LogP contribution in [0, 0.1) is 0 Å². The number of aliphatic hydroxyl groups excluding tert-OH is 1. The van der Waals surface area contributed by atoms with Crippen molar-refractivity contribution < 1.29 is 28.9 Å². The van der Waals surface area contributed by atoms with E-state index in [1.807, 2.05) is 67.6 Å². The predicted octanol–water partition coefficient (Wildman–Crippen LogP) is 4.29. The van der Waals surface area contributed by atoms with Crippen molar-refractivity contribution in [1.82, 2.24) is 4.90 Å². The van der Waals surface area contributed by atoms with Crippen LogP contribution in [0.2, 0.25) is 0 Å². The first-order valence-corrected chi connectivity index (χ1v) is 13.8. The summed E-state index contributed by atoms with van der Waals surface area (Å²) in [6.45, 7) is 2.77. The average molecular weight is 534 g/mol. The molecule has 0 unspecified atom stereocenters. The number of amides is 2. The number of aliphatic hydroxyl groups is 1. The molecule has 5 rings (SSSR count). The second kappa shape index (κ2) is 12.2. The van der Waals surface area contributed by atoms with Gasteiger partial charge in [-0.15, -0.1) is 11.8 Å². The van der Waals surface area contributed by atoms with Crippen molar-refractivity contribution in [2.45, 2.75) is 49.9 Å². The van der Waals surface area contributed by atoms with Crippen LogP contribution in [-0.4, -0.2) is 64.0 Å². The van der Waals surface area contributed by atoms with Crippen LogP contribution in [0.3, 0.4) is 0 Å². The zero-order valence-corrected chi connectivity index (χ0v) is 22.0. The summed E-state index contributed by atoms with van der Waals surface area (Å²) in [4.78, 5) is 27.9. The van der Waals surface area contributed by atoms with Gasteiger partial charge in [-0.1, -0.05) is 79.7 Å².